The number of halogens is 1. The molecular weight excluding hydrogens is 416 g/mol. The van der Waals surface area contributed by atoms with Crippen LogP contribution in [-0.2, 0) is 19.1 Å². The van der Waals surface area contributed by atoms with Gasteiger partial charge in [0.25, 0.3) is 5.56 Å². The van der Waals surface area contributed by atoms with Gasteiger partial charge in [-0.25, -0.2) is 4.79 Å². The second-order valence-electron chi connectivity index (χ2n) is 5.55. The molecule has 3 N–H and O–H groups in total. The van der Waals surface area contributed by atoms with Gasteiger partial charge in [0.15, 0.2) is 0 Å². The molecule has 0 bridgehead atoms. The zero-order chi connectivity index (χ0) is 19.3. The fraction of sp³-hybridized carbons (Fsp3) is 0.467. The molecule has 11 heteroatoms. The summed E-state index contributed by atoms with van der Waals surface area (Å²) in [5.74, 6) is -1.84. The number of nitrogens with one attached hydrogen (secondary N) is 1. The van der Waals surface area contributed by atoms with E-state index in [2.05, 4.69) is 20.9 Å². The molecule has 1 saturated heterocycles. The average Bonchev–Trinajstić information content (AvgIpc) is 2.94. The minimum Gasteiger partial charge on any atom is -0.481 e. The third kappa shape index (κ3) is 5.13. The summed E-state index contributed by atoms with van der Waals surface area (Å²) >= 11 is 3.04. The first-order chi connectivity index (χ1) is 12.3. The van der Waals surface area contributed by atoms with Crippen molar-refractivity contribution in [3.63, 3.8) is 0 Å². The number of ether oxygens (including phenoxy) is 2. The van der Waals surface area contributed by atoms with E-state index in [9.17, 15) is 24.3 Å². The highest BCUT2D eigenvalue weighted by Crippen LogP contribution is 2.28. The second kappa shape index (κ2) is 8.92. The van der Waals surface area contributed by atoms with Crippen LogP contribution in [0.15, 0.2) is 20.8 Å². The summed E-state index contributed by atoms with van der Waals surface area (Å²) in [5, 5.41) is 18.6. The summed E-state index contributed by atoms with van der Waals surface area (Å²) in [4.78, 5) is 49.1. The van der Waals surface area contributed by atoms with Crippen molar-refractivity contribution in [2.75, 3.05) is 6.61 Å². The van der Waals surface area contributed by atoms with E-state index in [1.165, 1.54) is 17.3 Å². The van der Waals surface area contributed by atoms with Crippen LogP contribution in [0.2, 0.25) is 0 Å². The number of H-pyrrole nitrogens is 1. The summed E-state index contributed by atoms with van der Waals surface area (Å²) in [6, 6.07) is 0. The molecule has 10 nitrogen and oxygen atoms in total. The smallest absolute Gasteiger partial charge is 0.330 e. The lowest BCUT2D eigenvalue weighted by atomic mass is 10.2. The Kier molecular flexibility index (Phi) is 6.89. The Morgan fingerprint density at radius 1 is 1.42 bits per heavy atom. The Morgan fingerprint density at radius 3 is 2.81 bits per heavy atom. The molecule has 1 aliphatic heterocycles. The van der Waals surface area contributed by atoms with Gasteiger partial charge in [-0.05, 0) is 11.1 Å². The lowest BCUT2D eigenvalue weighted by molar-refractivity contribution is -0.152. The normalized spacial score (nSPS) is 22.6. The Hall–Kier alpha value is -2.24. The highest BCUT2D eigenvalue weighted by Gasteiger charge is 2.36. The van der Waals surface area contributed by atoms with E-state index < -0.39 is 41.6 Å². The van der Waals surface area contributed by atoms with E-state index in [1.54, 1.807) is 0 Å². The van der Waals surface area contributed by atoms with Crippen LogP contribution in [-0.4, -0.2) is 50.5 Å². The van der Waals surface area contributed by atoms with Crippen LogP contribution < -0.4 is 11.2 Å². The molecule has 1 unspecified atom stereocenters. The van der Waals surface area contributed by atoms with Gasteiger partial charge in [0.2, 0.25) is 0 Å². The van der Waals surface area contributed by atoms with E-state index in [-0.39, 0.29) is 31.4 Å². The van der Waals surface area contributed by atoms with Crippen LogP contribution in [0.5, 0.6) is 0 Å². The van der Waals surface area contributed by atoms with Crippen molar-refractivity contribution < 1.29 is 29.3 Å². The largest absolute Gasteiger partial charge is 0.481 e. The van der Waals surface area contributed by atoms with Crippen LogP contribution >= 0.6 is 15.9 Å². The van der Waals surface area contributed by atoms with Crippen molar-refractivity contribution >= 4 is 33.9 Å². The lowest BCUT2D eigenvalue weighted by Gasteiger charge is -2.16. The second-order valence-corrected chi connectivity index (χ2v) is 6.08. The van der Waals surface area contributed by atoms with Crippen LogP contribution in [0.3, 0.4) is 0 Å². The molecule has 0 aromatic carbocycles. The number of aromatic nitrogens is 2. The number of aliphatic hydroxyl groups is 1. The van der Waals surface area contributed by atoms with Crippen molar-refractivity contribution in [3.05, 3.63) is 37.6 Å². The number of hydrogen-bond acceptors (Lipinski definition) is 7. The van der Waals surface area contributed by atoms with E-state index in [4.69, 9.17) is 14.6 Å². The summed E-state index contributed by atoms with van der Waals surface area (Å²) in [7, 11) is 0. The highest BCUT2D eigenvalue weighted by molar-refractivity contribution is 9.11. The SMILES string of the molecule is O=C(O)CCC(=O)OC[C@@H]1O[C@H](n2cc(/C=C/Br)c(=O)[nH]c2=O)CC1O. The van der Waals surface area contributed by atoms with Gasteiger partial charge in [-0.15, -0.1) is 0 Å². The predicted octanol–water partition coefficient (Wildman–Crippen LogP) is -0.0414. The number of carboxylic acids is 1. The molecule has 1 aromatic rings. The van der Waals surface area contributed by atoms with Gasteiger partial charge >= 0.3 is 17.6 Å². The fourth-order valence-electron chi connectivity index (χ4n) is 2.39. The summed E-state index contributed by atoms with van der Waals surface area (Å²) < 4.78 is 11.6. The molecule has 0 radical (unpaired) electrons. The fourth-order valence-corrected chi connectivity index (χ4v) is 2.68. The zero-order valence-corrected chi connectivity index (χ0v) is 15.0. The molecule has 1 fully saturated rings. The summed E-state index contributed by atoms with van der Waals surface area (Å²) in [6.07, 6.45) is -0.557. The monoisotopic (exact) mass is 432 g/mol. The van der Waals surface area contributed by atoms with Crippen molar-refractivity contribution in [1.29, 1.82) is 0 Å². The maximum absolute atomic E-state index is 12.0. The van der Waals surface area contributed by atoms with Gasteiger partial charge in [-0.1, -0.05) is 15.9 Å². The molecule has 142 valence electrons. The highest BCUT2D eigenvalue weighted by atomic mass is 79.9. The zero-order valence-electron chi connectivity index (χ0n) is 13.5. The van der Waals surface area contributed by atoms with Gasteiger partial charge in [-0.3, -0.25) is 23.9 Å². The third-order valence-electron chi connectivity index (χ3n) is 3.70. The maximum Gasteiger partial charge on any atom is 0.330 e. The number of aromatic amines is 1. The van der Waals surface area contributed by atoms with E-state index in [0.29, 0.717) is 0 Å². The number of hydrogen-bond donors (Lipinski definition) is 3. The van der Waals surface area contributed by atoms with E-state index in [1.807, 2.05) is 0 Å². The van der Waals surface area contributed by atoms with Crippen molar-refractivity contribution in [2.45, 2.75) is 37.7 Å². The number of aliphatic carboxylic acids is 1. The van der Waals surface area contributed by atoms with E-state index in [0.717, 1.165) is 4.57 Å². The molecule has 2 heterocycles. The Balaban J connectivity index is 2.03. The Morgan fingerprint density at radius 2 is 2.15 bits per heavy atom. The van der Waals surface area contributed by atoms with E-state index >= 15 is 0 Å². The molecule has 1 aliphatic rings. The number of aliphatic hydroxyl groups excluding tert-OH is 1. The molecular formula is C15H17BrN2O8. The van der Waals surface area contributed by atoms with Crippen LogP contribution in [0.25, 0.3) is 6.08 Å². The molecule has 0 saturated carbocycles. The number of carboxylic acid groups (broad SMARTS) is 1. The van der Waals surface area contributed by atoms with Crippen molar-refractivity contribution in [3.8, 4) is 0 Å². The van der Waals surface area contributed by atoms with Gasteiger partial charge in [0.1, 0.15) is 18.9 Å². The number of carbonyl (C=O) groups is 2. The molecule has 0 spiro atoms. The predicted molar refractivity (Wildman–Crippen MR) is 91.6 cm³/mol. The molecule has 1 aromatic heterocycles. The number of nitrogens with zero attached hydrogens (tertiary/aromatic N) is 1. The van der Waals surface area contributed by atoms with Crippen molar-refractivity contribution in [1.82, 2.24) is 9.55 Å². The average molecular weight is 433 g/mol. The molecule has 2 rings (SSSR count). The minimum atomic E-state index is -1.12. The molecule has 3 atom stereocenters. The minimum absolute atomic E-state index is 0.0563. The Bertz CT molecular complexity index is 815. The standard InChI is InChI=1S/C15H17BrN2O8/c16-4-3-8-6-18(15(24)17-14(8)23)11-5-9(19)10(26-11)7-25-13(22)2-1-12(20)21/h3-4,6,9-11,19H,1-2,5,7H2,(H,20,21)(H,17,23,24)/b4-3+/t9?,10-,11-/m0/s1. The topological polar surface area (TPSA) is 148 Å². The molecule has 26 heavy (non-hydrogen) atoms. The summed E-state index contributed by atoms with van der Waals surface area (Å²) in [6.45, 7) is -0.275. The maximum atomic E-state index is 12.0. The van der Waals surface area contributed by atoms with Crippen molar-refractivity contribution in [2.24, 2.45) is 0 Å². The van der Waals surface area contributed by atoms with Crippen LogP contribution in [0.4, 0.5) is 0 Å². The summed E-state index contributed by atoms with van der Waals surface area (Å²) in [5.41, 5.74) is -1.05. The molecule has 0 amide bonds. The van der Waals surface area contributed by atoms with Crippen LogP contribution in [0.1, 0.15) is 31.1 Å². The van der Waals surface area contributed by atoms with Gasteiger partial charge in [-0.2, -0.15) is 0 Å². The molecule has 0 aliphatic carbocycles. The Labute approximate surface area is 155 Å². The lowest BCUT2D eigenvalue weighted by Crippen LogP contribution is -2.33. The number of rotatable bonds is 7. The third-order valence-corrected chi connectivity index (χ3v) is 3.97. The van der Waals surface area contributed by atoms with Gasteiger partial charge in [0.05, 0.1) is 24.5 Å². The number of esters is 1. The quantitative estimate of drug-likeness (QED) is 0.508. The van der Waals surface area contributed by atoms with Crippen LogP contribution in [0, 0.1) is 0 Å². The first-order valence-electron chi connectivity index (χ1n) is 7.65. The number of carbonyl (C=O) groups excluding carboxylic acids is 1. The van der Waals surface area contributed by atoms with Gasteiger partial charge in [0, 0.05) is 12.6 Å². The first kappa shape index (κ1) is 20.1. The first-order valence-corrected chi connectivity index (χ1v) is 8.56. The van der Waals surface area contributed by atoms with Gasteiger partial charge < -0.3 is 19.7 Å².